The lowest BCUT2D eigenvalue weighted by Gasteiger charge is -2.11. The molecule has 0 saturated carbocycles. The van der Waals surface area contributed by atoms with E-state index in [1.54, 1.807) is 31.2 Å². The van der Waals surface area contributed by atoms with Crippen molar-refractivity contribution in [2.75, 3.05) is 26.0 Å². The van der Waals surface area contributed by atoms with Crippen molar-refractivity contribution in [3.8, 4) is 5.75 Å². The number of ether oxygens (including phenoxy) is 1. The average Bonchev–Trinajstić information content (AvgIpc) is 3.15. The summed E-state index contributed by atoms with van der Waals surface area (Å²) in [5.74, 6) is 1.73. The number of para-hydroxylation sites is 1. The van der Waals surface area contributed by atoms with Crippen molar-refractivity contribution in [1.29, 1.82) is 0 Å². The van der Waals surface area contributed by atoms with Crippen LogP contribution in [0.3, 0.4) is 0 Å². The molecule has 4 aromatic rings. The van der Waals surface area contributed by atoms with Gasteiger partial charge in [0.25, 0.3) is 0 Å². The predicted molar refractivity (Wildman–Crippen MR) is 126 cm³/mol. The number of imidazole rings is 1. The number of fused-ring (bicyclic) bond motifs is 3. The fraction of sp³-hybridized carbons (Fsp3) is 0.304. The number of pyridine rings is 1. The number of aromatic hydroxyl groups is 1. The minimum atomic E-state index is 0.282. The molecule has 0 radical (unpaired) electrons. The number of nitrogens with zero attached hydrogens (tertiary/aromatic N) is 3. The van der Waals surface area contributed by atoms with E-state index in [0.717, 1.165) is 65.0 Å². The molecule has 31 heavy (non-hydrogen) atoms. The average molecular weight is 438 g/mol. The number of rotatable bonds is 10. The van der Waals surface area contributed by atoms with E-state index in [-0.39, 0.29) is 5.75 Å². The van der Waals surface area contributed by atoms with Crippen molar-refractivity contribution in [2.24, 2.45) is 0 Å². The third kappa shape index (κ3) is 4.92. The van der Waals surface area contributed by atoms with Crippen molar-refractivity contribution in [3.63, 3.8) is 0 Å². The van der Waals surface area contributed by atoms with Gasteiger partial charge in [-0.25, -0.2) is 9.97 Å². The summed E-state index contributed by atoms with van der Waals surface area (Å²) < 4.78 is 11.0. The minimum Gasteiger partial charge on any atom is -0.508 e. The zero-order valence-electron chi connectivity index (χ0n) is 17.5. The second-order valence-electron chi connectivity index (χ2n) is 7.33. The number of methoxy groups -OCH3 is 1. The van der Waals surface area contributed by atoms with Crippen molar-refractivity contribution in [2.45, 2.75) is 30.7 Å². The van der Waals surface area contributed by atoms with Crippen LogP contribution in [0.5, 0.6) is 5.75 Å². The number of nitrogens with two attached hydrogens (primary N) is 1. The Morgan fingerprint density at radius 1 is 1.10 bits per heavy atom. The first-order valence-electron chi connectivity index (χ1n) is 10.4. The number of benzene rings is 2. The summed E-state index contributed by atoms with van der Waals surface area (Å²) in [6.45, 7) is 2.35. The van der Waals surface area contributed by atoms with Crippen LogP contribution in [-0.2, 0) is 17.7 Å². The molecule has 0 atom stereocenters. The van der Waals surface area contributed by atoms with Gasteiger partial charge in [-0.3, -0.25) is 4.72 Å². The molecule has 2 aromatic carbocycles. The standard InChI is InChI=1S/C23H27N5O2S/c1-30-15-12-20-27-21-22(18-6-2-3-7-19(18)26-23(21)24)28(20)14-5-4-13-25-31-17-10-8-16(29)9-11-17/h2-3,6-11,25,29H,4-5,12-15H2,1H3,(H2,24,26). The zero-order chi connectivity index (χ0) is 21.6. The van der Waals surface area contributed by atoms with E-state index in [9.17, 15) is 5.11 Å². The fourth-order valence-corrected chi connectivity index (χ4v) is 4.33. The third-order valence-corrected chi connectivity index (χ3v) is 6.01. The number of aryl methyl sites for hydroxylation is 1. The molecule has 4 rings (SSSR count). The van der Waals surface area contributed by atoms with Crippen molar-refractivity contribution < 1.29 is 9.84 Å². The molecule has 0 spiro atoms. The van der Waals surface area contributed by atoms with Gasteiger partial charge in [-0.1, -0.05) is 18.2 Å². The number of aromatic nitrogens is 3. The molecule has 0 unspecified atom stereocenters. The Bertz CT molecular complexity index is 1160. The Morgan fingerprint density at radius 2 is 1.90 bits per heavy atom. The summed E-state index contributed by atoms with van der Waals surface area (Å²) in [6.07, 6.45) is 2.76. The van der Waals surface area contributed by atoms with E-state index in [0.29, 0.717) is 12.4 Å². The molecule has 7 nitrogen and oxygen atoms in total. The smallest absolute Gasteiger partial charge is 0.152 e. The third-order valence-electron chi connectivity index (χ3n) is 5.16. The van der Waals surface area contributed by atoms with Gasteiger partial charge in [0.2, 0.25) is 0 Å². The van der Waals surface area contributed by atoms with Crippen molar-refractivity contribution >= 4 is 39.7 Å². The summed E-state index contributed by atoms with van der Waals surface area (Å²) in [5.41, 5.74) is 8.96. The first-order chi connectivity index (χ1) is 15.2. The van der Waals surface area contributed by atoms with Gasteiger partial charge in [0.05, 0.1) is 17.6 Å². The Labute approximate surface area is 185 Å². The van der Waals surface area contributed by atoms with Gasteiger partial charge in [-0.2, -0.15) is 0 Å². The molecule has 0 amide bonds. The second-order valence-corrected chi connectivity index (χ2v) is 8.30. The van der Waals surface area contributed by atoms with Crippen LogP contribution in [-0.4, -0.2) is 39.9 Å². The monoisotopic (exact) mass is 437 g/mol. The van der Waals surface area contributed by atoms with Gasteiger partial charge >= 0.3 is 0 Å². The molecule has 2 heterocycles. The van der Waals surface area contributed by atoms with E-state index in [4.69, 9.17) is 15.5 Å². The number of nitrogen functional groups attached to an aromatic ring is 1. The van der Waals surface area contributed by atoms with Crippen LogP contribution in [0, 0.1) is 0 Å². The van der Waals surface area contributed by atoms with E-state index in [2.05, 4.69) is 20.3 Å². The van der Waals surface area contributed by atoms with Crippen LogP contribution >= 0.6 is 11.9 Å². The normalized spacial score (nSPS) is 11.5. The Morgan fingerprint density at radius 3 is 2.71 bits per heavy atom. The summed E-state index contributed by atoms with van der Waals surface area (Å²) in [5, 5.41) is 10.4. The number of hydrogen-bond donors (Lipinski definition) is 3. The molecule has 2 aromatic heterocycles. The molecule has 0 aliphatic heterocycles. The quantitative estimate of drug-likeness (QED) is 0.253. The highest BCUT2D eigenvalue weighted by Gasteiger charge is 2.16. The zero-order valence-corrected chi connectivity index (χ0v) is 18.4. The second kappa shape index (κ2) is 10.00. The maximum absolute atomic E-state index is 9.37. The summed E-state index contributed by atoms with van der Waals surface area (Å²) >= 11 is 1.58. The maximum atomic E-state index is 9.37. The molecule has 0 aliphatic rings. The Hall–Kier alpha value is -2.81. The van der Waals surface area contributed by atoms with Gasteiger partial charge in [-0.15, -0.1) is 0 Å². The molecule has 162 valence electrons. The maximum Gasteiger partial charge on any atom is 0.152 e. The number of phenolic OH excluding ortho intramolecular Hbond substituents is 1. The van der Waals surface area contributed by atoms with Crippen LogP contribution in [0.1, 0.15) is 18.7 Å². The van der Waals surface area contributed by atoms with Crippen molar-refractivity contribution in [3.05, 3.63) is 54.4 Å². The van der Waals surface area contributed by atoms with Gasteiger partial charge < -0.3 is 20.1 Å². The highest BCUT2D eigenvalue weighted by Crippen LogP contribution is 2.29. The topological polar surface area (TPSA) is 98.2 Å². The summed E-state index contributed by atoms with van der Waals surface area (Å²) in [6, 6.07) is 15.3. The minimum absolute atomic E-state index is 0.282. The van der Waals surface area contributed by atoms with Gasteiger partial charge in [0.1, 0.15) is 17.1 Å². The first kappa shape index (κ1) is 21.4. The lowest BCUT2D eigenvalue weighted by atomic mass is 10.2. The molecular weight excluding hydrogens is 410 g/mol. The molecular formula is C23H27N5O2S. The molecule has 0 fully saturated rings. The van der Waals surface area contributed by atoms with Crippen molar-refractivity contribution in [1.82, 2.24) is 19.3 Å². The van der Waals surface area contributed by atoms with Crippen LogP contribution in [0.4, 0.5) is 5.82 Å². The highest BCUT2D eigenvalue weighted by molar-refractivity contribution is 7.97. The first-order valence-corrected chi connectivity index (χ1v) is 11.2. The SMILES string of the molecule is COCCc1nc2c(N)nc3ccccc3c2n1CCCCNSc1ccc(O)cc1. The van der Waals surface area contributed by atoms with E-state index in [1.807, 2.05) is 30.3 Å². The van der Waals surface area contributed by atoms with Crippen LogP contribution in [0.25, 0.3) is 21.9 Å². The van der Waals surface area contributed by atoms with E-state index < -0.39 is 0 Å². The molecule has 0 aliphatic carbocycles. The molecule has 0 saturated heterocycles. The van der Waals surface area contributed by atoms with E-state index in [1.165, 1.54) is 0 Å². The highest BCUT2D eigenvalue weighted by atomic mass is 32.2. The van der Waals surface area contributed by atoms with Gasteiger partial charge in [-0.05, 0) is 55.1 Å². The lowest BCUT2D eigenvalue weighted by Crippen LogP contribution is -2.10. The van der Waals surface area contributed by atoms with Crippen LogP contribution in [0.2, 0.25) is 0 Å². The summed E-state index contributed by atoms with van der Waals surface area (Å²) in [4.78, 5) is 10.4. The predicted octanol–water partition coefficient (Wildman–Crippen LogP) is 4.14. The number of unbranched alkanes of at least 4 members (excludes halogenated alkanes) is 1. The number of nitrogens with one attached hydrogen (secondary N) is 1. The fourth-order valence-electron chi connectivity index (χ4n) is 3.65. The Balaban J connectivity index is 1.47. The van der Waals surface area contributed by atoms with Crippen LogP contribution in [0.15, 0.2) is 53.4 Å². The number of anilines is 1. The largest absolute Gasteiger partial charge is 0.508 e. The number of hydrogen-bond acceptors (Lipinski definition) is 7. The molecule has 4 N–H and O–H groups in total. The Kier molecular flexibility index (Phi) is 6.91. The summed E-state index contributed by atoms with van der Waals surface area (Å²) in [7, 11) is 1.70. The molecule has 8 heteroatoms. The number of phenols is 1. The van der Waals surface area contributed by atoms with Crippen LogP contribution < -0.4 is 10.5 Å². The van der Waals surface area contributed by atoms with Gasteiger partial charge in [0.15, 0.2) is 5.82 Å². The van der Waals surface area contributed by atoms with E-state index >= 15 is 0 Å². The van der Waals surface area contributed by atoms with Gasteiger partial charge in [0, 0.05) is 36.9 Å². The lowest BCUT2D eigenvalue weighted by molar-refractivity contribution is 0.199. The molecule has 0 bridgehead atoms.